The van der Waals surface area contributed by atoms with Gasteiger partial charge in [-0.05, 0) is 35.9 Å². The lowest BCUT2D eigenvalue weighted by Crippen LogP contribution is -2.26. The van der Waals surface area contributed by atoms with Crippen molar-refractivity contribution in [2.24, 2.45) is 7.05 Å². The van der Waals surface area contributed by atoms with Crippen molar-refractivity contribution < 1.29 is 9.53 Å². The van der Waals surface area contributed by atoms with Crippen molar-refractivity contribution in [3.63, 3.8) is 0 Å². The molecule has 6 heteroatoms. The zero-order chi connectivity index (χ0) is 18.5. The molecule has 134 valence electrons. The SMILES string of the molecule is Cc1nn(C)c(Cl)c1C=CC(=O)NCCOc1ccc2ccccc2c1. The highest BCUT2D eigenvalue weighted by Crippen LogP contribution is 2.21. The number of hydrogen-bond donors (Lipinski definition) is 1. The van der Waals surface area contributed by atoms with E-state index in [9.17, 15) is 4.79 Å². The zero-order valence-electron chi connectivity index (χ0n) is 14.7. The van der Waals surface area contributed by atoms with Crippen molar-refractivity contribution in [2.45, 2.75) is 6.92 Å². The van der Waals surface area contributed by atoms with Crippen LogP contribution in [0.5, 0.6) is 5.75 Å². The second-order valence-corrected chi connectivity index (χ2v) is 6.25. The van der Waals surface area contributed by atoms with Gasteiger partial charge >= 0.3 is 0 Å². The van der Waals surface area contributed by atoms with Crippen LogP contribution in [0.3, 0.4) is 0 Å². The molecule has 5 nitrogen and oxygen atoms in total. The second-order valence-electron chi connectivity index (χ2n) is 5.90. The number of benzene rings is 2. The van der Waals surface area contributed by atoms with E-state index in [1.807, 2.05) is 43.3 Å². The average Bonchev–Trinajstić information content (AvgIpc) is 2.88. The fourth-order valence-corrected chi connectivity index (χ4v) is 2.89. The predicted molar refractivity (Wildman–Crippen MR) is 104 cm³/mol. The fraction of sp³-hybridized carbons (Fsp3) is 0.200. The van der Waals surface area contributed by atoms with Crippen molar-refractivity contribution in [2.75, 3.05) is 13.2 Å². The van der Waals surface area contributed by atoms with Gasteiger partial charge in [-0.2, -0.15) is 5.10 Å². The fourth-order valence-electron chi connectivity index (χ4n) is 2.65. The summed E-state index contributed by atoms with van der Waals surface area (Å²) in [6.45, 7) is 2.65. The van der Waals surface area contributed by atoms with Gasteiger partial charge in [-0.1, -0.05) is 41.9 Å². The summed E-state index contributed by atoms with van der Waals surface area (Å²) in [7, 11) is 1.76. The number of ether oxygens (including phenoxy) is 1. The van der Waals surface area contributed by atoms with Crippen LogP contribution in [0.15, 0.2) is 48.5 Å². The third kappa shape index (κ3) is 4.24. The Morgan fingerprint density at radius 3 is 2.77 bits per heavy atom. The van der Waals surface area contributed by atoms with E-state index in [2.05, 4.69) is 16.5 Å². The Balaban J connectivity index is 1.48. The molecule has 1 aromatic heterocycles. The highest BCUT2D eigenvalue weighted by Gasteiger charge is 2.08. The Hall–Kier alpha value is -2.79. The molecule has 0 saturated carbocycles. The molecule has 1 amide bonds. The molecular formula is C20H20ClN3O2. The Labute approximate surface area is 157 Å². The first-order chi connectivity index (χ1) is 12.5. The number of carbonyl (C=O) groups excluding carboxylic acids is 1. The van der Waals surface area contributed by atoms with Gasteiger partial charge in [0.25, 0.3) is 0 Å². The van der Waals surface area contributed by atoms with Gasteiger partial charge < -0.3 is 10.1 Å². The lowest BCUT2D eigenvalue weighted by molar-refractivity contribution is -0.116. The molecule has 0 bridgehead atoms. The summed E-state index contributed by atoms with van der Waals surface area (Å²) in [5, 5.41) is 9.79. The van der Waals surface area contributed by atoms with Gasteiger partial charge in [-0.25, -0.2) is 0 Å². The molecule has 0 atom stereocenters. The summed E-state index contributed by atoms with van der Waals surface area (Å²) in [6.07, 6.45) is 3.12. The first-order valence-electron chi connectivity index (χ1n) is 8.31. The molecule has 3 rings (SSSR count). The number of nitrogens with zero attached hydrogens (tertiary/aromatic N) is 2. The number of carbonyl (C=O) groups is 1. The normalized spacial score (nSPS) is 11.2. The molecule has 0 saturated heterocycles. The summed E-state index contributed by atoms with van der Waals surface area (Å²) < 4.78 is 7.27. The summed E-state index contributed by atoms with van der Waals surface area (Å²) >= 11 is 6.13. The van der Waals surface area contributed by atoms with E-state index in [1.165, 1.54) is 11.5 Å². The van der Waals surface area contributed by atoms with Gasteiger partial charge in [0.1, 0.15) is 17.5 Å². The summed E-state index contributed by atoms with van der Waals surface area (Å²) in [5.74, 6) is 0.581. The van der Waals surface area contributed by atoms with E-state index in [0.29, 0.717) is 18.3 Å². The molecule has 1 heterocycles. The number of nitrogens with one attached hydrogen (secondary N) is 1. The maximum Gasteiger partial charge on any atom is 0.244 e. The second kappa shape index (κ2) is 8.06. The van der Waals surface area contributed by atoms with Crippen molar-refractivity contribution in [1.82, 2.24) is 15.1 Å². The standard InChI is InChI=1S/C20H20ClN3O2/c1-14-18(20(21)24(2)23-14)9-10-19(25)22-11-12-26-17-8-7-15-5-3-4-6-16(15)13-17/h3-10,13H,11-12H2,1-2H3,(H,22,25). The van der Waals surface area contributed by atoms with Crippen LogP contribution in [0.4, 0.5) is 0 Å². The van der Waals surface area contributed by atoms with Crippen molar-refractivity contribution in [1.29, 1.82) is 0 Å². The van der Waals surface area contributed by atoms with Crippen LogP contribution in [0.1, 0.15) is 11.3 Å². The Bertz CT molecular complexity index is 963. The van der Waals surface area contributed by atoms with Crippen molar-refractivity contribution in [3.8, 4) is 5.75 Å². The Morgan fingerprint density at radius 1 is 1.27 bits per heavy atom. The van der Waals surface area contributed by atoms with Gasteiger partial charge in [0, 0.05) is 18.7 Å². The van der Waals surface area contributed by atoms with E-state index in [4.69, 9.17) is 16.3 Å². The largest absolute Gasteiger partial charge is 0.492 e. The number of amides is 1. The third-order valence-corrected chi connectivity index (χ3v) is 4.44. The maximum atomic E-state index is 11.9. The first-order valence-corrected chi connectivity index (χ1v) is 8.69. The van der Waals surface area contributed by atoms with Crippen LogP contribution in [-0.4, -0.2) is 28.8 Å². The van der Waals surface area contributed by atoms with Gasteiger partial charge in [-0.15, -0.1) is 0 Å². The molecule has 0 unspecified atom stereocenters. The zero-order valence-corrected chi connectivity index (χ0v) is 15.5. The molecule has 0 fully saturated rings. The molecule has 0 aliphatic heterocycles. The van der Waals surface area contributed by atoms with Crippen LogP contribution in [0.25, 0.3) is 16.8 Å². The molecule has 0 aliphatic rings. The van der Waals surface area contributed by atoms with E-state index >= 15 is 0 Å². The molecule has 3 aromatic rings. The average molecular weight is 370 g/mol. The third-order valence-electron chi connectivity index (χ3n) is 3.99. The molecule has 0 aliphatic carbocycles. The minimum atomic E-state index is -0.202. The number of rotatable bonds is 6. The molecular weight excluding hydrogens is 350 g/mol. The van der Waals surface area contributed by atoms with Crippen LogP contribution in [0.2, 0.25) is 5.15 Å². The molecule has 0 radical (unpaired) electrons. The van der Waals surface area contributed by atoms with Gasteiger partial charge in [-0.3, -0.25) is 9.48 Å². The summed E-state index contributed by atoms with van der Waals surface area (Å²) in [6, 6.07) is 14.0. The summed E-state index contributed by atoms with van der Waals surface area (Å²) in [5.41, 5.74) is 1.53. The monoisotopic (exact) mass is 369 g/mol. The molecule has 0 spiro atoms. The molecule has 26 heavy (non-hydrogen) atoms. The smallest absolute Gasteiger partial charge is 0.244 e. The minimum Gasteiger partial charge on any atom is -0.492 e. The van der Waals surface area contributed by atoms with Crippen LogP contribution in [-0.2, 0) is 11.8 Å². The summed E-state index contributed by atoms with van der Waals surface area (Å²) in [4.78, 5) is 11.9. The minimum absolute atomic E-state index is 0.202. The van der Waals surface area contributed by atoms with E-state index in [1.54, 1.807) is 17.8 Å². The number of halogens is 1. The van der Waals surface area contributed by atoms with E-state index < -0.39 is 0 Å². The van der Waals surface area contributed by atoms with Gasteiger partial charge in [0.2, 0.25) is 5.91 Å². The number of hydrogen-bond acceptors (Lipinski definition) is 3. The Kier molecular flexibility index (Phi) is 5.58. The van der Waals surface area contributed by atoms with Crippen LogP contribution < -0.4 is 10.1 Å². The number of aromatic nitrogens is 2. The van der Waals surface area contributed by atoms with Gasteiger partial charge in [0.05, 0.1) is 12.2 Å². The maximum absolute atomic E-state index is 11.9. The Morgan fingerprint density at radius 2 is 2.04 bits per heavy atom. The van der Waals surface area contributed by atoms with Crippen molar-refractivity contribution in [3.05, 3.63) is 65.0 Å². The first kappa shape index (κ1) is 18.0. The lowest BCUT2D eigenvalue weighted by atomic mass is 10.1. The topological polar surface area (TPSA) is 56.2 Å². The number of fused-ring (bicyclic) bond motifs is 1. The van der Waals surface area contributed by atoms with Gasteiger partial charge in [0.15, 0.2) is 0 Å². The van der Waals surface area contributed by atoms with Crippen LogP contribution in [0, 0.1) is 6.92 Å². The van der Waals surface area contributed by atoms with Crippen molar-refractivity contribution >= 4 is 34.4 Å². The highest BCUT2D eigenvalue weighted by atomic mass is 35.5. The van der Waals surface area contributed by atoms with Crippen LogP contribution >= 0.6 is 11.6 Å². The molecule has 2 aromatic carbocycles. The predicted octanol–water partition coefficient (Wildman–Crippen LogP) is 3.74. The van der Waals surface area contributed by atoms with E-state index in [0.717, 1.165) is 22.4 Å². The lowest BCUT2D eigenvalue weighted by Gasteiger charge is -2.07. The molecule has 1 N–H and O–H groups in total. The van der Waals surface area contributed by atoms with E-state index in [-0.39, 0.29) is 5.91 Å². The number of aryl methyl sites for hydroxylation is 2. The highest BCUT2D eigenvalue weighted by molar-refractivity contribution is 6.31. The quantitative estimate of drug-likeness (QED) is 0.532.